The second-order valence-corrected chi connectivity index (χ2v) is 8.09. The molecule has 3 aromatic rings. The van der Waals surface area contributed by atoms with Gasteiger partial charge in [0.25, 0.3) is 5.91 Å². The Bertz CT molecular complexity index is 980. The van der Waals surface area contributed by atoms with E-state index in [2.05, 4.69) is 26.1 Å². The lowest BCUT2D eigenvalue weighted by atomic mass is 9.86. The lowest BCUT2D eigenvalue weighted by Gasteiger charge is -2.22. The van der Waals surface area contributed by atoms with Crippen LogP contribution in [0.2, 0.25) is 0 Å². The molecule has 0 bridgehead atoms. The first kappa shape index (κ1) is 22.2. The Morgan fingerprint density at radius 3 is 2.10 bits per heavy atom. The summed E-state index contributed by atoms with van der Waals surface area (Å²) in [6, 6.07) is 24.7. The maximum absolute atomic E-state index is 12.5. The third-order valence-corrected chi connectivity index (χ3v) is 4.57. The van der Waals surface area contributed by atoms with E-state index < -0.39 is 0 Å². The zero-order valence-electron chi connectivity index (χ0n) is 18.3. The summed E-state index contributed by atoms with van der Waals surface area (Å²) in [5, 5.41) is 2.87. The van der Waals surface area contributed by atoms with Crippen LogP contribution in [0.5, 0.6) is 17.2 Å². The van der Waals surface area contributed by atoms with Crippen LogP contribution < -0.4 is 19.5 Å². The zero-order valence-corrected chi connectivity index (χ0v) is 18.3. The van der Waals surface area contributed by atoms with Crippen LogP contribution in [-0.4, -0.2) is 25.7 Å². The van der Waals surface area contributed by atoms with Crippen molar-refractivity contribution in [3.63, 3.8) is 0 Å². The van der Waals surface area contributed by atoms with Crippen molar-refractivity contribution in [1.29, 1.82) is 0 Å². The van der Waals surface area contributed by atoms with Gasteiger partial charge in [-0.1, -0.05) is 69.3 Å². The third kappa shape index (κ3) is 6.78. The lowest BCUT2D eigenvalue weighted by molar-refractivity contribution is -0.118. The van der Waals surface area contributed by atoms with E-state index in [-0.39, 0.29) is 17.9 Å². The van der Waals surface area contributed by atoms with Crippen molar-refractivity contribution in [2.24, 2.45) is 0 Å². The highest BCUT2D eigenvalue weighted by Crippen LogP contribution is 2.31. The number of hydrogen-bond acceptors (Lipinski definition) is 4. The largest absolute Gasteiger partial charge is 0.490 e. The van der Waals surface area contributed by atoms with Gasteiger partial charge in [-0.05, 0) is 41.3 Å². The van der Waals surface area contributed by atoms with Crippen LogP contribution in [0.15, 0.2) is 78.9 Å². The van der Waals surface area contributed by atoms with Gasteiger partial charge in [-0.15, -0.1) is 0 Å². The summed E-state index contributed by atoms with van der Waals surface area (Å²) in [5.41, 5.74) is 1.58. The topological polar surface area (TPSA) is 56.8 Å². The first-order valence-corrected chi connectivity index (χ1v) is 10.4. The van der Waals surface area contributed by atoms with Gasteiger partial charge in [0.05, 0.1) is 5.69 Å². The van der Waals surface area contributed by atoms with Crippen LogP contribution in [0.3, 0.4) is 0 Å². The van der Waals surface area contributed by atoms with E-state index in [0.29, 0.717) is 30.4 Å². The molecule has 0 unspecified atom stereocenters. The maximum atomic E-state index is 12.5. The van der Waals surface area contributed by atoms with Crippen LogP contribution >= 0.6 is 0 Å². The number of rotatable bonds is 9. The Morgan fingerprint density at radius 2 is 1.35 bits per heavy atom. The molecule has 3 rings (SSSR count). The number of ether oxygens (including phenoxy) is 3. The fourth-order valence-electron chi connectivity index (χ4n) is 3.07. The fourth-order valence-corrected chi connectivity index (χ4v) is 3.07. The maximum Gasteiger partial charge on any atom is 0.262 e. The zero-order chi connectivity index (χ0) is 22.1. The summed E-state index contributed by atoms with van der Waals surface area (Å²) in [7, 11) is 0. The number of para-hydroxylation sites is 4. The number of nitrogens with one attached hydrogen (secondary N) is 1. The molecular weight excluding hydrogens is 390 g/mol. The van der Waals surface area contributed by atoms with Crippen LogP contribution in [0.25, 0.3) is 0 Å². The smallest absolute Gasteiger partial charge is 0.262 e. The van der Waals surface area contributed by atoms with Crippen molar-refractivity contribution in [1.82, 2.24) is 0 Å². The molecule has 0 atom stereocenters. The van der Waals surface area contributed by atoms with E-state index in [9.17, 15) is 4.79 Å². The highest BCUT2D eigenvalue weighted by Gasteiger charge is 2.19. The van der Waals surface area contributed by atoms with Gasteiger partial charge in [0.2, 0.25) is 0 Å². The SMILES string of the molecule is CC(C)(C)c1ccccc1OCC(=O)Nc1ccccc1OCCOc1ccccc1. The van der Waals surface area contributed by atoms with E-state index in [1.807, 2.05) is 72.8 Å². The Labute approximate surface area is 184 Å². The molecule has 0 saturated heterocycles. The molecule has 1 amide bonds. The third-order valence-electron chi connectivity index (χ3n) is 4.57. The summed E-state index contributed by atoms with van der Waals surface area (Å²) >= 11 is 0. The van der Waals surface area contributed by atoms with E-state index in [1.165, 1.54) is 0 Å². The van der Waals surface area contributed by atoms with Gasteiger partial charge in [0.1, 0.15) is 30.5 Å². The van der Waals surface area contributed by atoms with Gasteiger partial charge in [0.15, 0.2) is 6.61 Å². The molecule has 0 aliphatic carbocycles. The number of benzene rings is 3. The molecule has 3 aromatic carbocycles. The number of hydrogen-bond donors (Lipinski definition) is 1. The van der Waals surface area contributed by atoms with Crippen molar-refractivity contribution in [2.45, 2.75) is 26.2 Å². The molecule has 0 saturated carbocycles. The second-order valence-electron chi connectivity index (χ2n) is 8.09. The van der Waals surface area contributed by atoms with Crippen LogP contribution in [0, 0.1) is 0 Å². The first-order chi connectivity index (χ1) is 14.9. The van der Waals surface area contributed by atoms with Crippen molar-refractivity contribution >= 4 is 11.6 Å². The van der Waals surface area contributed by atoms with E-state index in [4.69, 9.17) is 14.2 Å². The number of carbonyl (C=O) groups is 1. The van der Waals surface area contributed by atoms with Crippen LogP contribution in [0.4, 0.5) is 5.69 Å². The summed E-state index contributed by atoms with van der Waals surface area (Å²) in [6.45, 7) is 7.02. The van der Waals surface area contributed by atoms with Gasteiger partial charge in [-0.25, -0.2) is 0 Å². The minimum absolute atomic E-state index is 0.0741. The van der Waals surface area contributed by atoms with Crippen molar-refractivity contribution < 1.29 is 19.0 Å². The summed E-state index contributed by atoms with van der Waals surface area (Å²) in [4.78, 5) is 12.5. The van der Waals surface area contributed by atoms with E-state index in [1.54, 1.807) is 6.07 Å². The molecule has 0 radical (unpaired) electrons. The van der Waals surface area contributed by atoms with Crippen LogP contribution in [-0.2, 0) is 10.2 Å². The summed E-state index contributed by atoms with van der Waals surface area (Å²) < 4.78 is 17.3. The Morgan fingerprint density at radius 1 is 0.742 bits per heavy atom. The molecule has 162 valence electrons. The molecule has 5 heteroatoms. The molecule has 31 heavy (non-hydrogen) atoms. The summed E-state index contributed by atoms with van der Waals surface area (Å²) in [5.74, 6) is 1.84. The van der Waals surface area contributed by atoms with Gasteiger partial charge in [-0.2, -0.15) is 0 Å². The monoisotopic (exact) mass is 419 g/mol. The quantitative estimate of drug-likeness (QED) is 0.468. The first-order valence-electron chi connectivity index (χ1n) is 10.4. The second kappa shape index (κ2) is 10.5. The molecule has 0 spiro atoms. The Kier molecular flexibility index (Phi) is 7.55. The summed E-state index contributed by atoms with van der Waals surface area (Å²) in [6.07, 6.45) is 0. The lowest BCUT2D eigenvalue weighted by Crippen LogP contribution is -2.22. The predicted octanol–water partition coefficient (Wildman–Crippen LogP) is 5.46. The van der Waals surface area contributed by atoms with Crippen molar-refractivity contribution in [3.8, 4) is 17.2 Å². The number of amides is 1. The molecule has 1 N–H and O–H groups in total. The minimum atomic E-state index is -0.250. The van der Waals surface area contributed by atoms with E-state index >= 15 is 0 Å². The molecule has 5 nitrogen and oxygen atoms in total. The van der Waals surface area contributed by atoms with Gasteiger partial charge in [0, 0.05) is 0 Å². The van der Waals surface area contributed by atoms with Crippen molar-refractivity contribution in [3.05, 3.63) is 84.4 Å². The van der Waals surface area contributed by atoms with Gasteiger partial charge in [-0.3, -0.25) is 4.79 Å². The standard InChI is InChI=1S/C26H29NO4/c1-26(2,3)21-13-7-9-15-23(21)31-19-25(28)27-22-14-8-10-16-24(22)30-18-17-29-20-11-5-4-6-12-20/h4-16H,17-19H2,1-3H3,(H,27,28). The average Bonchev–Trinajstić information content (AvgIpc) is 2.76. The molecule has 0 heterocycles. The normalized spacial score (nSPS) is 10.9. The van der Waals surface area contributed by atoms with E-state index in [0.717, 1.165) is 11.3 Å². The predicted molar refractivity (Wildman–Crippen MR) is 123 cm³/mol. The molecular formula is C26H29NO4. The van der Waals surface area contributed by atoms with Gasteiger partial charge < -0.3 is 19.5 Å². The Hall–Kier alpha value is -3.47. The Balaban J connectivity index is 1.53. The molecule has 0 aliphatic rings. The highest BCUT2D eigenvalue weighted by atomic mass is 16.5. The number of carbonyl (C=O) groups excluding carboxylic acids is 1. The van der Waals surface area contributed by atoms with Crippen LogP contribution in [0.1, 0.15) is 26.3 Å². The van der Waals surface area contributed by atoms with Gasteiger partial charge >= 0.3 is 0 Å². The molecule has 0 aromatic heterocycles. The fraction of sp³-hybridized carbons (Fsp3) is 0.269. The minimum Gasteiger partial charge on any atom is -0.490 e. The highest BCUT2D eigenvalue weighted by molar-refractivity contribution is 5.93. The average molecular weight is 420 g/mol. The van der Waals surface area contributed by atoms with Crippen molar-refractivity contribution in [2.75, 3.05) is 25.1 Å². The number of anilines is 1. The molecule has 0 fully saturated rings. The molecule has 0 aliphatic heterocycles.